The first kappa shape index (κ1) is 17.7. The van der Waals surface area contributed by atoms with E-state index in [4.69, 9.17) is 4.74 Å². The predicted octanol–water partition coefficient (Wildman–Crippen LogP) is 3.20. The molecule has 2 rings (SSSR count). The number of amides is 2. The maximum Gasteiger partial charge on any atom is 0.339 e. The van der Waals surface area contributed by atoms with Gasteiger partial charge in [0.25, 0.3) is 5.91 Å². The lowest BCUT2D eigenvalue weighted by Crippen LogP contribution is -2.21. The van der Waals surface area contributed by atoms with E-state index in [0.717, 1.165) is 0 Å². The first-order valence-corrected chi connectivity index (χ1v) is 7.84. The van der Waals surface area contributed by atoms with E-state index in [-0.39, 0.29) is 5.91 Å². The Hall–Kier alpha value is -2.67. The molecular weight excluding hydrogens is 376 g/mol. The van der Waals surface area contributed by atoms with Gasteiger partial charge in [-0.3, -0.25) is 9.59 Å². The second kappa shape index (κ2) is 8.26. The van der Waals surface area contributed by atoms with E-state index in [9.17, 15) is 14.4 Å². The average molecular weight is 391 g/mol. The second-order valence-electron chi connectivity index (χ2n) is 4.86. The molecule has 0 fully saturated rings. The van der Waals surface area contributed by atoms with Gasteiger partial charge in [0.2, 0.25) is 5.91 Å². The summed E-state index contributed by atoms with van der Waals surface area (Å²) >= 11 is 3.25. The smallest absolute Gasteiger partial charge is 0.339 e. The summed E-state index contributed by atoms with van der Waals surface area (Å²) in [4.78, 5) is 34.7. The van der Waals surface area contributed by atoms with E-state index >= 15 is 0 Å². The minimum absolute atomic E-state index is 0.175. The molecule has 2 N–H and O–H groups in total. The summed E-state index contributed by atoms with van der Waals surface area (Å²) in [5, 5.41) is 5.23. The minimum Gasteiger partial charge on any atom is -0.452 e. The largest absolute Gasteiger partial charge is 0.452 e. The summed E-state index contributed by atoms with van der Waals surface area (Å²) in [6.45, 7) is 1.02. The lowest BCUT2D eigenvalue weighted by atomic mass is 10.2. The number of halogens is 1. The van der Waals surface area contributed by atoms with Crippen molar-refractivity contribution in [2.45, 2.75) is 6.92 Å². The number of anilines is 2. The molecule has 0 aliphatic heterocycles. The number of rotatable bonds is 5. The van der Waals surface area contributed by atoms with Crippen LogP contribution in [0, 0.1) is 0 Å². The molecule has 0 saturated heterocycles. The van der Waals surface area contributed by atoms with Crippen molar-refractivity contribution >= 4 is 45.1 Å². The van der Waals surface area contributed by atoms with Crippen LogP contribution in [-0.2, 0) is 14.3 Å². The second-order valence-corrected chi connectivity index (χ2v) is 5.72. The Morgan fingerprint density at radius 3 is 2.12 bits per heavy atom. The zero-order valence-electron chi connectivity index (χ0n) is 12.8. The van der Waals surface area contributed by atoms with Crippen LogP contribution < -0.4 is 10.6 Å². The van der Waals surface area contributed by atoms with E-state index in [1.807, 2.05) is 0 Å². The molecule has 0 atom stereocenters. The molecule has 0 bridgehead atoms. The number of esters is 1. The van der Waals surface area contributed by atoms with E-state index in [1.165, 1.54) is 6.92 Å². The SMILES string of the molecule is CC(=O)Nc1ccc(NC(=O)COC(=O)c2ccccc2Br)cc1. The predicted molar refractivity (Wildman–Crippen MR) is 93.8 cm³/mol. The maximum atomic E-state index is 11.9. The number of carbonyl (C=O) groups is 3. The average Bonchev–Trinajstić information content (AvgIpc) is 2.54. The number of carbonyl (C=O) groups excluding carboxylic acids is 3. The molecule has 0 heterocycles. The number of nitrogens with one attached hydrogen (secondary N) is 2. The molecule has 2 aromatic carbocycles. The highest BCUT2D eigenvalue weighted by atomic mass is 79.9. The van der Waals surface area contributed by atoms with Crippen LogP contribution in [0.1, 0.15) is 17.3 Å². The van der Waals surface area contributed by atoms with Gasteiger partial charge < -0.3 is 15.4 Å². The first-order chi connectivity index (χ1) is 11.5. The van der Waals surface area contributed by atoms with Crippen LogP contribution in [0.4, 0.5) is 11.4 Å². The molecule has 0 aromatic heterocycles. The topological polar surface area (TPSA) is 84.5 Å². The first-order valence-electron chi connectivity index (χ1n) is 7.05. The molecule has 2 amide bonds. The molecule has 0 aliphatic carbocycles. The van der Waals surface area contributed by atoms with E-state index in [1.54, 1.807) is 48.5 Å². The lowest BCUT2D eigenvalue weighted by molar-refractivity contribution is -0.119. The molecular formula is C17H15BrN2O4. The zero-order chi connectivity index (χ0) is 17.5. The highest BCUT2D eigenvalue weighted by molar-refractivity contribution is 9.10. The Kier molecular flexibility index (Phi) is 6.08. The highest BCUT2D eigenvalue weighted by Crippen LogP contribution is 2.17. The summed E-state index contributed by atoms with van der Waals surface area (Å²) in [5.41, 5.74) is 1.51. The normalized spacial score (nSPS) is 9.92. The van der Waals surface area contributed by atoms with Crippen LogP contribution in [-0.4, -0.2) is 24.4 Å². The summed E-state index contributed by atoms with van der Waals surface area (Å²) < 4.78 is 5.58. The van der Waals surface area contributed by atoms with Crippen molar-refractivity contribution in [2.75, 3.05) is 17.2 Å². The Bertz CT molecular complexity index is 759. The van der Waals surface area contributed by atoms with Crippen molar-refractivity contribution < 1.29 is 19.1 Å². The fourth-order valence-electron chi connectivity index (χ4n) is 1.87. The van der Waals surface area contributed by atoms with E-state index in [0.29, 0.717) is 21.4 Å². The molecule has 0 radical (unpaired) electrons. The Morgan fingerprint density at radius 2 is 1.54 bits per heavy atom. The van der Waals surface area contributed by atoms with E-state index in [2.05, 4.69) is 26.6 Å². The van der Waals surface area contributed by atoms with Gasteiger partial charge in [-0.1, -0.05) is 12.1 Å². The molecule has 2 aromatic rings. The van der Waals surface area contributed by atoms with E-state index < -0.39 is 18.5 Å². The van der Waals surface area contributed by atoms with Crippen LogP contribution >= 0.6 is 15.9 Å². The Balaban J connectivity index is 1.86. The maximum absolute atomic E-state index is 11.9. The van der Waals surface area contributed by atoms with Gasteiger partial charge in [-0.15, -0.1) is 0 Å². The van der Waals surface area contributed by atoms with Gasteiger partial charge in [0, 0.05) is 22.8 Å². The molecule has 6 nitrogen and oxygen atoms in total. The zero-order valence-corrected chi connectivity index (χ0v) is 14.4. The number of hydrogen-bond acceptors (Lipinski definition) is 4. The van der Waals surface area contributed by atoms with Crippen LogP contribution in [0.25, 0.3) is 0 Å². The highest BCUT2D eigenvalue weighted by Gasteiger charge is 2.13. The standard InChI is InChI=1S/C17H15BrN2O4/c1-11(21)19-12-6-8-13(9-7-12)20-16(22)10-24-17(23)14-4-2-3-5-15(14)18/h2-9H,10H2,1H3,(H,19,21)(H,20,22). The van der Waals surface area contributed by atoms with Crippen LogP contribution in [0.3, 0.4) is 0 Å². The summed E-state index contributed by atoms with van der Waals surface area (Å²) in [7, 11) is 0. The van der Waals surface area contributed by atoms with Gasteiger partial charge in [-0.05, 0) is 52.3 Å². The molecule has 0 spiro atoms. The van der Waals surface area contributed by atoms with Crippen molar-refractivity contribution in [2.24, 2.45) is 0 Å². The Labute approximate surface area is 147 Å². The van der Waals surface area contributed by atoms with Gasteiger partial charge in [-0.2, -0.15) is 0 Å². The summed E-state index contributed by atoms with van der Waals surface area (Å²) in [6.07, 6.45) is 0. The van der Waals surface area contributed by atoms with Crippen molar-refractivity contribution in [3.05, 3.63) is 58.6 Å². The molecule has 24 heavy (non-hydrogen) atoms. The molecule has 0 saturated carbocycles. The van der Waals surface area contributed by atoms with Gasteiger partial charge >= 0.3 is 5.97 Å². The quantitative estimate of drug-likeness (QED) is 0.767. The third-order valence-electron chi connectivity index (χ3n) is 2.92. The third kappa shape index (κ3) is 5.20. The van der Waals surface area contributed by atoms with Crippen molar-refractivity contribution in [1.82, 2.24) is 0 Å². The van der Waals surface area contributed by atoms with Gasteiger partial charge in [0.15, 0.2) is 6.61 Å². The molecule has 124 valence electrons. The van der Waals surface area contributed by atoms with Crippen molar-refractivity contribution in [1.29, 1.82) is 0 Å². The molecule has 7 heteroatoms. The number of benzene rings is 2. The van der Waals surface area contributed by atoms with Crippen molar-refractivity contribution in [3.8, 4) is 0 Å². The van der Waals surface area contributed by atoms with Crippen molar-refractivity contribution in [3.63, 3.8) is 0 Å². The monoisotopic (exact) mass is 390 g/mol. The fraction of sp³-hybridized carbons (Fsp3) is 0.118. The molecule has 0 aliphatic rings. The van der Waals surface area contributed by atoms with Crippen LogP contribution in [0.15, 0.2) is 53.0 Å². The third-order valence-corrected chi connectivity index (χ3v) is 3.61. The molecule has 0 unspecified atom stereocenters. The van der Waals surface area contributed by atoms with Gasteiger partial charge in [-0.25, -0.2) is 4.79 Å². The van der Waals surface area contributed by atoms with Gasteiger partial charge in [0.05, 0.1) is 5.56 Å². The van der Waals surface area contributed by atoms with Gasteiger partial charge in [0.1, 0.15) is 0 Å². The summed E-state index contributed by atoms with van der Waals surface area (Å²) in [5.74, 6) is -1.22. The number of ether oxygens (including phenoxy) is 1. The summed E-state index contributed by atoms with van der Waals surface area (Å²) in [6, 6.07) is 13.4. The Morgan fingerprint density at radius 1 is 0.958 bits per heavy atom. The lowest BCUT2D eigenvalue weighted by Gasteiger charge is -2.08. The van der Waals surface area contributed by atoms with Crippen LogP contribution in [0.2, 0.25) is 0 Å². The number of hydrogen-bond donors (Lipinski definition) is 2. The minimum atomic E-state index is -0.585. The van der Waals surface area contributed by atoms with Crippen LogP contribution in [0.5, 0.6) is 0 Å². The fourth-order valence-corrected chi connectivity index (χ4v) is 2.32.